The molecule has 0 atom stereocenters. The molecule has 0 aliphatic carbocycles. The topological polar surface area (TPSA) is 55.6 Å². The van der Waals surface area contributed by atoms with Crippen molar-refractivity contribution >= 4 is 5.91 Å². The van der Waals surface area contributed by atoms with E-state index in [0.717, 1.165) is 0 Å². The first-order chi connectivity index (χ1) is 9.78. The molecule has 0 saturated carbocycles. The lowest BCUT2D eigenvalue weighted by Gasteiger charge is -2.26. The fraction of sp³-hybridized carbons (Fsp3) is 0.471. The van der Waals surface area contributed by atoms with Crippen LogP contribution >= 0.6 is 0 Å². The molecular weight excluding hydrogens is 264 g/mol. The SMILES string of the molecule is COc1ccc(C(=O)N(C)CC(C)(C)C)cc1C#CCN. The molecule has 1 rings (SSSR count). The van der Waals surface area contributed by atoms with E-state index in [9.17, 15) is 4.79 Å². The Bertz CT molecular complexity index is 562. The Morgan fingerprint density at radius 2 is 2.05 bits per heavy atom. The quantitative estimate of drug-likeness (QED) is 0.867. The van der Waals surface area contributed by atoms with Gasteiger partial charge < -0.3 is 15.4 Å². The Labute approximate surface area is 127 Å². The number of carbonyl (C=O) groups is 1. The number of nitrogens with two attached hydrogens (primary N) is 1. The van der Waals surface area contributed by atoms with E-state index in [1.807, 2.05) is 7.05 Å². The fourth-order valence-electron chi connectivity index (χ4n) is 2.09. The molecule has 0 saturated heterocycles. The zero-order valence-corrected chi connectivity index (χ0v) is 13.5. The first kappa shape index (κ1) is 17.1. The van der Waals surface area contributed by atoms with Crippen molar-refractivity contribution in [2.45, 2.75) is 20.8 Å². The van der Waals surface area contributed by atoms with Gasteiger partial charge >= 0.3 is 0 Å². The van der Waals surface area contributed by atoms with Crippen LogP contribution in [0.5, 0.6) is 5.75 Å². The maximum absolute atomic E-state index is 12.5. The summed E-state index contributed by atoms with van der Waals surface area (Å²) < 4.78 is 5.25. The van der Waals surface area contributed by atoms with Gasteiger partial charge in [0.1, 0.15) is 5.75 Å². The van der Waals surface area contributed by atoms with Crippen molar-refractivity contribution in [2.75, 3.05) is 27.2 Å². The summed E-state index contributed by atoms with van der Waals surface area (Å²) in [6.07, 6.45) is 0. The van der Waals surface area contributed by atoms with Crippen molar-refractivity contribution in [2.24, 2.45) is 11.1 Å². The maximum atomic E-state index is 12.5. The van der Waals surface area contributed by atoms with Gasteiger partial charge in [-0.3, -0.25) is 4.79 Å². The number of rotatable bonds is 3. The van der Waals surface area contributed by atoms with E-state index in [-0.39, 0.29) is 17.9 Å². The van der Waals surface area contributed by atoms with E-state index in [4.69, 9.17) is 10.5 Å². The second-order valence-electron chi connectivity index (χ2n) is 6.14. The number of nitrogens with zero attached hydrogens (tertiary/aromatic N) is 1. The van der Waals surface area contributed by atoms with Crippen LogP contribution in [0.1, 0.15) is 36.7 Å². The smallest absolute Gasteiger partial charge is 0.253 e. The number of methoxy groups -OCH3 is 1. The predicted molar refractivity (Wildman–Crippen MR) is 85.3 cm³/mol. The van der Waals surface area contributed by atoms with Gasteiger partial charge in [-0.25, -0.2) is 0 Å². The second-order valence-corrected chi connectivity index (χ2v) is 6.14. The highest BCUT2D eigenvalue weighted by molar-refractivity contribution is 5.94. The van der Waals surface area contributed by atoms with Crippen LogP contribution < -0.4 is 10.5 Å². The van der Waals surface area contributed by atoms with Gasteiger partial charge in [0.05, 0.1) is 19.2 Å². The Balaban J connectivity index is 3.05. The molecule has 0 unspecified atom stereocenters. The van der Waals surface area contributed by atoms with Crippen LogP contribution in [0, 0.1) is 17.3 Å². The van der Waals surface area contributed by atoms with Crippen molar-refractivity contribution in [3.63, 3.8) is 0 Å². The van der Waals surface area contributed by atoms with Crippen molar-refractivity contribution < 1.29 is 9.53 Å². The zero-order chi connectivity index (χ0) is 16.0. The number of hydrogen-bond donors (Lipinski definition) is 1. The molecule has 21 heavy (non-hydrogen) atoms. The molecule has 0 spiro atoms. The lowest BCUT2D eigenvalue weighted by atomic mass is 9.96. The molecule has 4 heteroatoms. The highest BCUT2D eigenvalue weighted by Gasteiger charge is 2.19. The van der Waals surface area contributed by atoms with Gasteiger partial charge in [0.15, 0.2) is 0 Å². The molecule has 0 bridgehead atoms. The molecular formula is C17H24N2O2. The Morgan fingerprint density at radius 3 is 2.57 bits per heavy atom. The van der Waals surface area contributed by atoms with Gasteiger partial charge in [0, 0.05) is 19.2 Å². The van der Waals surface area contributed by atoms with Crippen LogP contribution in [0.25, 0.3) is 0 Å². The summed E-state index contributed by atoms with van der Waals surface area (Å²) in [5.74, 6) is 6.34. The average molecular weight is 288 g/mol. The summed E-state index contributed by atoms with van der Waals surface area (Å²) in [5, 5.41) is 0. The third kappa shape index (κ3) is 5.13. The monoisotopic (exact) mass is 288 g/mol. The first-order valence-electron chi connectivity index (χ1n) is 6.91. The summed E-state index contributed by atoms with van der Waals surface area (Å²) in [5.41, 5.74) is 6.73. The van der Waals surface area contributed by atoms with Gasteiger partial charge in [0.2, 0.25) is 0 Å². The predicted octanol–water partition coefficient (Wildman–Crippen LogP) is 2.12. The van der Waals surface area contributed by atoms with Crippen LogP contribution in [0.2, 0.25) is 0 Å². The van der Waals surface area contributed by atoms with E-state index in [2.05, 4.69) is 32.6 Å². The summed E-state index contributed by atoms with van der Waals surface area (Å²) in [4.78, 5) is 14.2. The van der Waals surface area contributed by atoms with E-state index >= 15 is 0 Å². The number of amides is 1. The van der Waals surface area contributed by atoms with Gasteiger partial charge in [-0.2, -0.15) is 0 Å². The molecule has 0 aromatic heterocycles. The van der Waals surface area contributed by atoms with Crippen molar-refractivity contribution in [3.8, 4) is 17.6 Å². The Hall–Kier alpha value is -1.99. The minimum absolute atomic E-state index is 0.0247. The largest absolute Gasteiger partial charge is 0.495 e. The summed E-state index contributed by atoms with van der Waals surface area (Å²) in [6.45, 7) is 7.25. The average Bonchev–Trinajstić information content (AvgIpc) is 2.42. The van der Waals surface area contributed by atoms with Crippen LogP contribution in [0.15, 0.2) is 18.2 Å². The second kappa shape index (κ2) is 7.14. The summed E-state index contributed by atoms with van der Waals surface area (Å²) in [7, 11) is 3.39. The molecule has 4 nitrogen and oxygen atoms in total. The standard InChI is InChI=1S/C17H24N2O2/c1-17(2,3)12-19(4)16(20)14-8-9-15(21-5)13(11-14)7-6-10-18/h8-9,11H,10,12,18H2,1-5H3. The normalized spacial score (nSPS) is 10.6. The summed E-state index contributed by atoms with van der Waals surface area (Å²) >= 11 is 0. The molecule has 1 aromatic rings. The first-order valence-corrected chi connectivity index (χ1v) is 6.91. The minimum Gasteiger partial charge on any atom is -0.495 e. The third-order valence-corrected chi connectivity index (χ3v) is 2.83. The van der Waals surface area contributed by atoms with Crippen molar-refractivity contribution in [1.82, 2.24) is 4.90 Å². The molecule has 1 amide bonds. The van der Waals surface area contributed by atoms with Gasteiger partial charge in [-0.15, -0.1) is 0 Å². The van der Waals surface area contributed by atoms with Gasteiger partial charge in [0.25, 0.3) is 5.91 Å². The number of benzene rings is 1. The Kier molecular flexibility index (Phi) is 5.80. The van der Waals surface area contributed by atoms with Crippen LogP contribution in [-0.4, -0.2) is 38.1 Å². The number of ether oxygens (including phenoxy) is 1. The van der Waals surface area contributed by atoms with E-state index < -0.39 is 0 Å². The van der Waals surface area contributed by atoms with E-state index in [0.29, 0.717) is 23.4 Å². The van der Waals surface area contributed by atoms with Crippen molar-refractivity contribution in [1.29, 1.82) is 0 Å². The van der Waals surface area contributed by atoms with Crippen molar-refractivity contribution in [3.05, 3.63) is 29.3 Å². The molecule has 0 aliphatic rings. The molecule has 114 valence electrons. The van der Waals surface area contributed by atoms with Crippen LogP contribution in [0.3, 0.4) is 0 Å². The Morgan fingerprint density at radius 1 is 1.38 bits per heavy atom. The lowest BCUT2D eigenvalue weighted by Crippen LogP contribution is -2.34. The number of hydrogen-bond acceptors (Lipinski definition) is 3. The molecule has 0 heterocycles. The van der Waals surface area contributed by atoms with E-state index in [1.54, 1.807) is 30.2 Å². The molecule has 2 N–H and O–H groups in total. The van der Waals surface area contributed by atoms with Crippen LogP contribution in [-0.2, 0) is 0 Å². The van der Waals surface area contributed by atoms with E-state index in [1.165, 1.54) is 0 Å². The molecule has 0 aliphatic heterocycles. The zero-order valence-electron chi connectivity index (χ0n) is 13.5. The van der Waals surface area contributed by atoms with Gasteiger partial charge in [-0.1, -0.05) is 32.6 Å². The highest BCUT2D eigenvalue weighted by Crippen LogP contribution is 2.21. The van der Waals surface area contributed by atoms with Crippen LogP contribution in [0.4, 0.5) is 0 Å². The molecule has 1 aromatic carbocycles. The third-order valence-electron chi connectivity index (χ3n) is 2.83. The maximum Gasteiger partial charge on any atom is 0.253 e. The fourth-order valence-corrected chi connectivity index (χ4v) is 2.09. The molecule has 0 fully saturated rings. The number of carbonyl (C=O) groups excluding carboxylic acids is 1. The minimum atomic E-state index is -0.0247. The lowest BCUT2D eigenvalue weighted by molar-refractivity contribution is 0.0745. The highest BCUT2D eigenvalue weighted by atomic mass is 16.5. The van der Waals surface area contributed by atoms with Gasteiger partial charge in [-0.05, 0) is 23.6 Å². The summed E-state index contributed by atoms with van der Waals surface area (Å²) in [6, 6.07) is 5.27. The molecule has 0 radical (unpaired) electrons.